The van der Waals surface area contributed by atoms with Crippen molar-refractivity contribution >= 4 is 51.7 Å². The monoisotopic (exact) mass is 800 g/mol. The number of amides is 4. The number of fused-ring (bicyclic) bond motifs is 2. The number of carbonyl (C=O) groups excluding carboxylic acids is 4. The molecular weight excluding hydrogens is 757 g/mol. The number of ether oxygens (including phenoxy) is 2. The first-order valence-electron chi connectivity index (χ1n) is 19.3. The third-order valence-corrected chi connectivity index (χ3v) is 11.5. The summed E-state index contributed by atoms with van der Waals surface area (Å²) in [7, 11) is 1.55. The maximum atomic E-state index is 13.7. The van der Waals surface area contributed by atoms with Crippen molar-refractivity contribution in [3.05, 3.63) is 76.6 Å². The number of alkyl halides is 3. The van der Waals surface area contributed by atoms with Gasteiger partial charge >= 0.3 is 6.18 Å². The summed E-state index contributed by atoms with van der Waals surface area (Å²) >= 11 is 0. The summed E-state index contributed by atoms with van der Waals surface area (Å²) in [6, 6.07) is 10.9. The van der Waals surface area contributed by atoms with Gasteiger partial charge in [0, 0.05) is 55.8 Å². The maximum absolute atomic E-state index is 13.7. The number of nitrogens with zero attached hydrogens (tertiary/aromatic N) is 5. The van der Waals surface area contributed by atoms with Crippen molar-refractivity contribution in [3.8, 4) is 11.5 Å². The fraction of sp³-hybridized carbons (Fsp3) is 0.415. The van der Waals surface area contributed by atoms with E-state index < -0.39 is 47.5 Å². The van der Waals surface area contributed by atoms with Crippen molar-refractivity contribution in [1.29, 1.82) is 0 Å². The molecule has 1 aromatic heterocycles. The van der Waals surface area contributed by atoms with E-state index in [1.807, 2.05) is 6.07 Å². The van der Waals surface area contributed by atoms with Crippen LogP contribution in [0.1, 0.15) is 82.7 Å². The third kappa shape index (κ3) is 7.34. The molecule has 3 saturated heterocycles. The molecule has 0 saturated carbocycles. The van der Waals surface area contributed by atoms with E-state index in [0.717, 1.165) is 42.8 Å². The smallest absolute Gasteiger partial charge is 0.416 e. The molecule has 58 heavy (non-hydrogen) atoms. The van der Waals surface area contributed by atoms with Crippen molar-refractivity contribution < 1.29 is 41.8 Å². The van der Waals surface area contributed by atoms with Crippen molar-refractivity contribution in [2.75, 3.05) is 49.2 Å². The second-order valence-electron chi connectivity index (χ2n) is 15.3. The lowest BCUT2D eigenvalue weighted by atomic mass is 10.00. The van der Waals surface area contributed by atoms with E-state index in [-0.39, 0.29) is 36.2 Å². The molecule has 304 valence electrons. The molecule has 5 heterocycles. The van der Waals surface area contributed by atoms with E-state index in [9.17, 15) is 32.3 Å². The van der Waals surface area contributed by atoms with Gasteiger partial charge in [0.1, 0.15) is 23.8 Å². The van der Waals surface area contributed by atoms with Crippen LogP contribution in [0, 0.1) is 6.92 Å². The average Bonchev–Trinajstić information content (AvgIpc) is 3.75. The number of nitrogens with one attached hydrogen (secondary N) is 2. The molecule has 0 radical (unpaired) electrons. The first-order chi connectivity index (χ1) is 27.7. The van der Waals surface area contributed by atoms with Crippen LogP contribution in [0.5, 0.6) is 11.5 Å². The van der Waals surface area contributed by atoms with Crippen LogP contribution >= 0.6 is 0 Å². The minimum atomic E-state index is -4.55. The molecule has 3 aromatic carbocycles. The summed E-state index contributed by atoms with van der Waals surface area (Å²) in [5.41, 5.74) is 7.18. The first kappa shape index (κ1) is 38.9. The zero-order valence-electron chi connectivity index (χ0n) is 32.2. The number of carbonyl (C=O) groups is 4. The van der Waals surface area contributed by atoms with Gasteiger partial charge in [-0.25, -0.2) is 9.97 Å². The van der Waals surface area contributed by atoms with E-state index in [4.69, 9.17) is 15.2 Å². The number of benzene rings is 3. The maximum Gasteiger partial charge on any atom is 0.416 e. The Kier molecular flexibility index (Phi) is 10.1. The van der Waals surface area contributed by atoms with E-state index >= 15 is 0 Å². The summed E-state index contributed by atoms with van der Waals surface area (Å²) in [5.74, 6) is -0.231. The molecule has 8 rings (SSSR count). The van der Waals surface area contributed by atoms with Crippen LogP contribution in [0.2, 0.25) is 0 Å². The number of methoxy groups -OCH3 is 1. The molecule has 4 aliphatic heterocycles. The molecule has 4 amide bonds. The van der Waals surface area contributed by atoms with Gasteiger partial charge in [0.25, 0.3) is 11.8 Å². The predicted octanol–water partition coefficient (Wildman–Crippen LogP) is 5.24. The highest BCUT2D eigenvalue weighted by atomic mass is 19.4. The number of nitrogen functional groups attached to an aromatic ring is 1. The van der Waals surface area contributed by atoms with Crippen molar-refractivity contribution in [2.24, 2.45) is 0 Å². The predicted molar refractivity (Wildman–Crippen MR) is 208 cm³/mol. The second-order valence-corrected chi connectivity index (χ2v) is 15.3. The Bertz CT molecular complexity index is 2330. The molecule has 14 nitrogen and oxygen atoms in total. The Morgan fingerprint density at radius 2 is 1.72 bits per heavy atom. The van der Waals surface area contributed by atoms with Crippen LogP contribution in [0.4, 0.5) is 30.4 Å². The summed E-state index contributed by atoms with van der Waals surface area (Å²) in [5, 5.41) is 6.12. The molecule has 1 unspecified atom stereocenters. The van der Waals surface area contributed by atoms with E-state index in [1.165, 1.54) is 6.07 Å². The summed E-state index contributed by atoms with van der Waals surface area (Å²) < 4.78 is 53.0. The standard InChI is InChI=1S/C41H43F3N8O6/c1-21(23-15-24(41(42,43)44)17-25(45)16-23)46-37-29-18-34(33(57-3)19-30(29)47-22(2)48-37)58-27-11-14-51(20-27)26-9-12-50(13-10-26)31-6-4-5-28-36(31)40(56)52(39(28)55)32-7-8-35(53)49-38(32)54/h4-6,15-19,21,26-27,32H,7-14,20,45H2,1-3H3,(H,46,47,48)(H,49,53,54)/t21-,27+,32?/m1/s1. The van der Waals surface area contributed by atoms with Crippen molar-refractivity contribution in [2.45, 2.75) is 76.4 Å². The Balaban J connectivity index is 0.937. The van der Waals surface area contributed by atoms with Gasteiger partial charge in [0.2, 0.25) is 11.8 Å². The van der Waals surface area contributed by atoms with Gasteiger partial charge in [-0.15, -0.1) is 0 Å². The van der Waals surface area contributed by atoms with Crippen LogP contribution in [0.25, 0.3) is 10.9 Å². The number of rotatable bonds is 9. The molecule has 4 aromatic rings. The third-order valence-electron chi connectivity index (χ3n) is 11.5. The van der Waals surface area contributed by atoms with Gasteiger partial charge in [-0.3, -0.25) is 34.3 Å². The second kappa shape index (κ2) is 15.1. The SMILES string of the molecule is COc1cc2nc(C)nc(N[C@H](C)c3cc(N)cc(C(F)(F)F)c3)c2cc1O[C@H]1CCN(C2CCN(c3cccc4c3C(=O)N(C3CCC(=O)NC3=O)C4=O)CC2)C1. The highest BCUT2D eigenvalue weighted by Gasteiger charge is 2.46. The van der Waals surface area contributed by atoms with Gasteiger partial charge in [-0.2, -0.15) is 13.2 Å². The Morgan fingerprint density at radius 1 is 0.948 bits per heavy atom. The van der Waals surface area contributed by atoms with E-state index in [0.29, 0.717) is 70.5 Å². The van der Waals surface area contributed by atoms with Crippen LogP contribution in [-0.4, -0.2) is 94.9 Å². The highest BCUT2D eigenvalue weighted by molar-refractivity contribution is 6.25. The lowest BCUT2D eigenvalue weighted by molar-refractivity contribution is -0.138. The number of aromatic nitrogens is 2. The molecule has 3 fully saturated rings. The molecule has 4 aliphatic rings. The summed E-state index contributed by atoms with van der Waals surface area (Å²) in [6.07, 6.45) is -2.15. The molecule has 0 aliphatic carbocycles. The minimum absolute atomic E-state index is 0.00686. The number of aryl methyl sites for hydroxylation is 1. The lowest BCUT2D eigenvalue weighted by Gasteiger charge is -2.38. The van der Waals surface area contributed by atoms with E-state index in [2.05, 4.69) is 30.4 Å². The molecule has 0 bridgehead atoms. The Hall–Kier alpha value is -5.97. The van der Waals surface area contributed by atoms with Gasteiger partial charge in [-0.05, 0) is 81.5 Å². The Morgan fingerprint density at radius 3 is 2.45 bits per heavy atom. The molecule has 17 heteroatoms. The number of piperidine rings is 2. The fourth-order valence-electron chi connectivity index (χ4n) is 8.59. The molecule has 3 atom stereocenters. The van der Waals surface area contributed by atoms with Crippen molar-refractivity contribution in [3.63, 3.8) is 0 Å². The quantitative estimate of drug-likeness (QED) is 0.149. The van der Waals surface area contributed by atoms with Gasteiger partial charge in [0.15, 0.2) is 11.5 Å². The number of hydrogen-bond acceptors (Lipinski definition) is 12. The molecule has 0 spiro atoms. The number of imide groups is 2. The zero-order valence-corrected chi connectivity index (χ0v) is 32.2. The topological polar surface area (TPSA) is 172 Å². The normalized spacial score (nSPS) is 21.1. The number of anilines is 3. The number of nitrogens with two attached hydrogens (primary N) is 1. The van der Waals surface area contributed by atoms with Crippen LogP contribution in [-0.2, 0) is 15.8 Å². The number of likely N-dealkylation sites (tertiary alicyclic amines) is 1. The van der Waals surface area contributed by atoms with Gasteiger partial charge in [-0.1, -0.05) is 6.07 Å². The van der Waals surface area contributed by atoms with E-state index in [1.54, 1.807) is 45.2 Å². The minimum Gasteiger partial charge on any atom is -0.493 e. The largest absolute Gasteiger partial charge is 0.493 e. The van der Waals surface area contributed by atoms with Crippen molar-refractivity contribution in [1.82, 2.24) is 25.1 Å². The van der Waals surface area contributed by atoms with Crippen LogP contribution < -0.4 is 30.7 Å². The molecule has 4 N–H and O–H groups in total. The van der Waals surface area contributed by atoms with Crippen LogP contribution in [0.3, 0.4) is 0 Å². The summed E-state index contributed by atoms with van der Waals surface area (Å²) in [6.45, 7) is 6.26. The lowest BCUT2D eigenvalue weighted by Crippen LogP contribution is -2.54. The number of halogens is 3. The highest BCUT2D eigenvalue weighted by Crippen LogP contribution is 2.39. The summed E-state index contributed by atoms with van der Waals surface area (Å²) in [4.78, 5) is 66.1. The van der Waals surface area contributed by atoms with Gasteiger partial charge < -0.3 is 25.4 Å². The Labute approximate surface area is 331 Å². The van der Waals surface area contributed by atoms with Crippen LogP contribution in [0.15, 0.2) is 48.5 Å². The van der Waals surface area contributed by atoms with Gasteiger partial charge in [0.05, 0.1) is 41.0 Å². The zero-order chi connectivity index (χ0) is 41.0. The molecular formula is C41H43F3N8O6. The number of hydrogen-bond donors (Lipinski definition) is 3. The average molecular weight is 801 g/mol. The first-order valence-corrected chi connectivity index (χ1v) is 19.3. The fourth-order valence-corrected chi connectivity index (χ4v) is 8.59.